The minimum Gasteiger partial charge on any atom is -0.465 e. The molecular formula is C16H11N3O2. The molecular weight excluding hydrogens is 266 g/mol. The number of para-hydroxylation sites is 1. The van der Waals surface area contributed by atoms with Gasteiger partial charge < -0.3 is 4.74 Å². The van der Waals surface area contributed by atoms with Crippen LogP contribution in [0.5, 0.6) is 0 Å². The van der Waals surface area contributed by atoms with Gasteiger partial charge in [0.15, 0.2) is 0 Å². The minimum absolute atomic E-state index is 0.224. The molecule has 0 amide bonds. The zero-order valence-corrected chi connectivity index (χ0v) is 11.3. The Kier molecular flexibility index (Phi) is 3.13. The lowest BCUT2D eigenvalue weighted by atomic mass is 10.1. The van der Waals surface area contributed by atoms with Crippen LogP contribution >= 0.6 is 0 Å². The Labute approximate surface area is 121 Å². The first kappa shape index (κ1) is 12.9. The smallest absolute Gasteiger partial charge is 0.341 e. The van der Waals surface area contributed by atoms with Crippen molar-refractivity contribution < 1.29 is 9.53 Å². The molecule has 0 atom stereocenters. The highest BCUT2D eigenvalue weighted by atomic mass is 16.5. The van der Waals surface area contributed by atoms with Gasteiger partial charge in [0, 0.05) is 11.6 Å². The molecule has 0 saturated carbocycles. The molecule has 2 heterocycles. The monoisotopic (exact) mass is 277 g/mol. The Bertz CT molecular complexity index is 860. The number of carbonyl (C=O) groups excluding carboxylic acids is 1. The van der Waals surface area contributed by atoms with Gasteiger partial charge >= 0.3 is 5.97 Å². The van der Waals surface area contributed by atoms with Gasteiger partial charge in [-0.05, 0) is 18.2 Å². The van der Waals surface area contributed by atoms with Crippen LogP contribution in [0.1, 0.15) is 16.1 Å². The molecule has 0 fully saturated rings. The number of nitriles is 1. The van der Waals surface area contributed by atoms with Crippen molar-refractivity contribution in [2.75, 3.05) is 7.11 Å². The van der Waals surface area contributed by atoms with Gasteiger partial charge in [-0.25, -0.2) is 9.78 Å². The van der Waals surface area contributed by atoms with E-state index in [4.69, 9.17) is 4.74 Å². The van der Waals surface area contributed by atoms with Crippen LogP contribution in [0.3, 0.4) is 0 Å². The molecule has 3 aromatic rings. The van der Waals surface area contributed by atoms with Crippen molar-refractivity contribution in [2.24, 2.45) is 0 Å². The van der Waals surface area contributed by atoms with E-state index in [0.29, 0.717) is 11.2 Å². The fourth-order valence-corrected chi connectivity index (χ4v) is 2.38. The molecule has 0 unspecified atom stereocenters. The predicted molar refractivity (Wildman–Crippen MR) is 77.1 cm³/mol. The molecule has 0 N–H and O–H groups in total. The van der Waals surface area contributed by atoms with Gasteiger partial charge in [0.05, 0.1) is 12.6 Å². The number of ether oxygens (including phenoxy) is 1. The van der Waals surface area contributed by atoms with E-state index in [0.717, 1.165) is 5.52 Å². The molecule has 0 spiro atoms. The van der Waals surface area contributed by atoms with E-state index in [2.05, 4.69) is 11.1 Å². The van der Waals surface area contributed by atoms with Crippen molar-refractivity contribution in [3.05, 3.63) is 59.9 Å². The fourth-order valence-electron chi connectivity index (χ4n) is 2.38. The molecule has 5 nitrogen and oxygen atoms in total. The quantitative estimate of drug-likeness (QED) is 0.675. The molecule has 102 valence electrons. The van der Waals surface area contributed by atoms with Gasteiger partial charge in [-0.3, -0.25) is 4.57 Å². The summed E-state index contributed by atoms with van der Waals surface area (Å²) >= 11 is 0. The fraction of sp³-hybridized carbons (Fsp3) is 0.0625. The summed E-state index contributed by atoms with van der Waals surface area (Å²) in [5, 5.41) is 10.2. The number of fused-ring (bicyclic) bond motifs is 1. The van der Waals surface area contributed by atoms with Gasteiger partial charge in [0.1, 0.15) is 23.1 Å². The van der Waals surface area contributed by atoms with Crippen molar-refractivity contribution in [1.29, 1.82) is 5.26 Å². The Morgan fingerprint density at radius 3 is 2.67 bits per heavy atom. The summed E-state index contributed by atoms with van der Waals surface area (Å²) in [7, 11) is 1.30. The highest BCUT2D eigenvalue weighted by molar-refractivity contribution is 6.07. The summed E-state index contributed by atoms with van der Waals surface area (Å²) in [5.41, 5.74) is 1.23. The van der Waals surface area contributed by atoms with Crippen LogP contribution < -0.4 is 0 Å². The van der Waals surface area contributed by atoms with Gasteiger partial charge in [-0.15, -0.1) is 0 Å². The lowest BCUT2D eigenvalue weighted by Crippen LogP contribution is -2.06. The molecule has 3 rings (SSSR count). The summed E-state index contributed by atoms with van der Waals surface area (Å²) in [4.78, 5) is 16.3. The summed E-state index contributed by atoms with van der Waals surface area (Å²) in [6.07, 6.45) is 1.64. The van der Waals surface area contributed by atoms with E-state index in [9.17, 15) is 10.1 Å². The number of pyridine rings is 1. The van der Waals surface area contributed by atoms with Crippen LogP contribution in [0.25, 0.3) is 16.7 Å². The van der Waals surface area contributed by atoms with Crippen LogP contribution in [-0.4, -0.2) is 22.6 Å². The Balaban J connectivity index is 2.45. The van der Waals surface area contributed by atoms with Crippen LogP contribution in [0, 0.1) is 11.3 Å². The number of carbonyl (C=O) groups is 1. The average molecular weight is 277 g/mol. The maximum absolute atomic E-state index is 12.0. The third-order valence-corrected chi connectivity index (χ3v) is 3.25. The highest BCUT2D eigenvalue weighted by Gasteiger charge is 2.24. The second kappa shape index (κ2) is 5.10. The maximum Gasteiger partial charge on any atom is 0.341 e. The SMILES string of the molecule is COC(=O)c1c(C#N)n(-c2ccccn2)c2ccccc12. The highest BCUT2D eigenvalue weighted by Crippen LogP contribution is 2.28. The van der Waals surface area contributed by atoms with E-state index >= 15 is 0 Å². The van der Waals surface area contributed by atoms with Gasteiger partial charge in [0.25, 0.3) is 0 Å². The number of hydrogen-bond acceptors (Lipinski definition) is 4. The van der Waals surface area contributed by atoms with Crippen molar-refractivity contribution in [2.45, 2.75) is 0 Å². The molecule has 5 heteroatoms. The first-order valence-corrected chi connectivity index (χ1v) is 6.31. The second-order valence-electron chi connectivity index (χ2n) is 4.37. The molecule has 21 heavy (non-hydrogen) atoms. The van der Waals surface area contributed by atoms with Crippen molar-refractivity contribution in [3.63, 3.8) is 0 Å². The van der Waals surface area contributed by atoms with Crippen LogP contribution in [0.4, 0.5) is 0 Å². The van der Waals surface area contributed by atoms with E-state index in [1.54, 1.807) is 29.0 Å². The lowest BCUT2D eigenvalue weighted by Gasteiger charge is -2.05. The largest absolute Gasteiger partial charge is 0.465 e. The molecule has 0 aliphatic rings. The van der Waals surface area contributed by atoms with E-state index < -0.39 is 5.97 Å². The van der Waals surface area contributed by atoms with E-state index in [-0.39, 0.29) is 11.3 Å². The summed E-state index contributed by atoms with van der Waals surface area (Å²) in [6.45, 7) is 0. The maximum atomic E-state index is 12.0. The van der Waals surface area contributed by atoms with E-state index in [1.807, 2.05) is 24.3 Å². The topological polar surface area (TPSA) is 67.9 Å². The Morgan fingerprint density at radius 2 is 2.00 bits per heavy atom. The number of methoxy groups -OCH3 is 1. The summed E-state index contributed by atoms with van der Waals surface area (Å²) in [6, 6.07) is 14.8. The number of aromatic nitrogens is 2. The second-order valence-corrected chi connectivity index (χ2v) is 4.37. The van der Waals surface area contributed by atoms with Crippen molar-refractivity contribution >= 4 is 16.9 Å². The Morgan fingerprint density at radius 1 is 1.24 bits per heavy atom. The summed E-state index contributed by atoms with van der Waals surface area (Å²) < 4.78 is 6.48. The van der Waals surface area contributed by atoms with Crippen molar-refractivity contribution in [3.8, 4) is 11.9 Å². The molecule has 0 radical (unpaired) electrons. The predicted octanol–water partition coefficient (Wildman–Crippen LogP) is 2.68. The first-order valence-electron chi connectivity index (χ1n) is 6.31. The van der Waals surface area contributed by atoms with Crippen LogP contribution in [-0.2, 0) is 4.74 Å². The number of rotatable bonds is 2. The number of hydrogen-bond donors (Lipinski definition) is 0. The third-order valence-electron chi connectivity index (χ3n) is 3.25. The van der Waals surface area contributed by atoms with Gasteiger partial charge in [-0.1, -0.05) is 24.3 Å². The minimum atomic E-state index is -0.530. The summed E-state index contributed by atoms with van der Waals surface area (Å²) in [5.74, 6) is 0.0536. The molecule has 0 saturated heterocycles. The molecule has 1 aromatic carbocycles. The molecule has 0 bridgehead atoms. The standard InChI is InChI=1S/C16H11N3O2/c1-21-16(20)15-11-6-2-3-7-12(11)19(13(15)10-17)14-8-4-5-9-18-14/h2-9H,1H3. The number of nitrogens with zero attached hydrogens (tertiary/aromatic N) is 3. The first-order chi connectivity index (χ1) is 10.3. The molecule has 0 aliphatic heterocycles. The van der Waals surface area contributed by atoms with Gasteiger partial charge in [-0.2, -0.15) is 5.26 Å². The third kappa shape index (κ3) is 1.94. The zero-order valence-electron chi connectivity index (χ0n) is 11.3. The lowest BCUT2D eigenvalue weighted by molar-refractivity contribution is 0.0602. The van der Waals surface area contributed by atoms with Gasteiger partial charge in [0.2, 0.25) is 0 Å². The zero-order chi connectivity index (χ0) is 14.8. The molecule has 0 aliphatic carbocycles. The number of benzene rings is 1. The normalized spacial score (nSPS) is 10.3. The molecule has 2 aromatic heterocycles. The van der Waals surface area contributed by atoms with Crippen LogP contribution in [0.15, 0.2) is 48.7 Å². The van der Waals surface area contributed by atoms with Crippen LogP contribution in [0.2, 0.25) is 0 Å². The average Bonchev–Trinajstić information content (AvgIpc) is 2.89. The van der Waals surface area contributed by atoms with E-state index in [1.165, 1.54) is 7.11 Å². The Hall–Kier alpha value is -3.13. The van der Waals surface area contributed by atoms with Crippen molar-refractivity contribution in [1.82, 2.24) is 9.55 Å². The number of esters is 1.